The van der Waals surface area contributed by atoms with Gasteiger partial charge in [0.2, 0.25) is 0 Å². The summed E-state index contributed by atoms with van der Waals surface area (Å²) in [5, 5.41) is 0. The molecule has 29 heavy (non-hydrogen) atoms. The molecule has 1 aromatic rings. The van der Waals surface area contributed by atoms with Gasteiger partial charge in [0, 0.05) is 42.5 Å². The van der Waals surface area contributed by atoms with Gasteiger partial charge in [0.25, 0.3) is 0 Å². The third-order valence-electron chi connectivity index (χ3n) is 5.14. The Labute approximate surface area is 166 Å². The van der Waals surface area contributed by atoms with Crippen LogP contribution in [0.15, 0.2) is 12.3 Å². The Bertz CT molecular complexity index is 910. The summed E-state index contributed by atoms with van der Waals surface area (Å²) >= 11 is 0. The summed E-state index contributed by atoms with van der Waals surface area (Å²) in [6, 6.07) is 1.20. The SMILES string of the molecule is CCC(=O)CC1(CC(=O)c2cc(OCC(F)(F)F)c(C3CC3)cn2)CS(=O)(=O)C1. The van der Waals surface area contributed by atoms with Gasteiger partial charge in [0.1, 0.15) is 17.2 Å². The van der Waals surface area contributed by atoms with Crippen LogP contribution in [0.4, 0.5) is 13.2 Å². The maximum absolute atomic E-state index is 12.7. The van der Waals surface area contributed by atoms with Crippen LogP contribution in [0.5, 0.6) is 5.75 Å². The molecule has 160 valence electrons. The van der Waals surface area contributed by atoms with Gasteiger partial charge in [-0.2, -0.15) is 13.2 Å². The molecule has 1 aliphatic carbocycles. The number of halogens is 3. The number of alkyl halides is 3. The molecule has 1 saturated carbocycles. The van der Waals surface area contributed by atoms with Crippen LogP contribution >= 0.6 is 0 Å². The summed E-state index contributed by atoms with van der Waals surface area (Å²) in [6.07, 6.45) is -1.51. The second kappa shape index (κ2) is 7.70. The molecule has 0 unspecified atom stereocenters. The average Bonchev–Trinajstić information content (AvgIpc) is 3.42. The number of Topliss-reactive ketones (excluding diaryl/α,β-unsaturated/α-hetero) is 2. The molecule has 10 heteroatoms. The number of ketones is 2. The van der Waals surface area contributed by atoms with Crippen molar-refractivity contribution in [2.45, 2.75) is 51.1 Å². The molecule has 0 radical (unpaired) electrons. The minimum atomic E-state index is -4.51. The number of nitrogens with zero attached hydrogens (tertiary/aromatic N) is 1. The van der Waals surface area contributed by atoms with E-state index < -0.39 is 33.8 Å². The first-order valence-electron chi connectivity index (χ1n) is 9.37. The predicted molar refractivity (Wildman–Crippen MR) is 97.7 cm³/mol. The van der Waals surface area contributed by atoms with Crippen LogP contribution in [0.2, 0.25) is 0 Å². The Morgan fingerprint density at radius 3 is 2.41 bits per heavy atom. The normalized spacial score (nSPS) is 20.0. The van der Waals surface area contributed by atoms with Crippen molar-refractivity contribution in [1.82, 2.24) is 4.98 Å². The lowest BCUT2D eigenvalue weighted by Gasteiger charge is -2.40. The Hall–Kier alpha value is -1.97. The number of hydrogen-bond donors (Lipinski definition) is 0. The van der Waals surface area contributed by atoms with E-state index in [4.69, 9.17) is 4.74 Å². The number of ether oxygens (including phenoxy) is 1. The molecule has 0 spiro atoms. The van der Waals surface area contributed by atoms with E-state index in [9.17, 15) is 31.2 Å². The molecule has 2 aliphatic rings. The smallest absolute Gasteiger partial charge is 0.422 e. The first kappa shape index (κ1) is 21.7. The van der Waals surface area contributed by atoms with E-state index in [0.717, 1.165) is 12.8 Å². The van der Waals surface area contributed by atoms with Gasteiger partial charge in [0.15, 0.2) is 22.2 Å². The van der Waals surface area contributed by atoms with Crippen molar-refractivity contribution >= 4 is 21.4 Å². The lowest BCUT2D eigenvalue weighted by Crippen LogP contribution is -2.50. The van der Waals surface area contributed by atoms with E-state index in [1.807, 2.05) is 0 Å². The van der Waals surface area contributed by atoms with E-state index in [0.29, 0.717) is 5.56 Å². The van der Waals surface area contributed by atoms with Gasteiger partial charge < -0.3 is 4.74 Å². The van der Waals surface area contributed by atoms with Gasteiger partial charge in [-0.15, -0.1) is 0 Å². The van der Waals surface area contributed by atoms with Crippen molar-refractivity contribution in [1.29, 1.82) is 0 Å². The fourth-order valence-corrected chi connectivity index (χ4v) is 5.91. The third kappa shape index (κ3) is 5.55. The minimum Gasteiger partial charge on any atom is -0.484 e. The third-order valence-corrected chi connectivity index (χ3v) is 7.25. The minimum absolute atomic E-state index is 0.0218. The van der Waals surface area contributed by atoms with Gasteiger partial charge in [-0.1, -0.05) is 6.92 Å². The predicted octanol–water partition coefficient (Wildman–Crippen LogP) is 3.26. The largest absolute Gasteiger partial charge is 0.484 e. The summed E-state index contributed by atoms with van der Waals surface area (Å²) in [5.74, 6) is -1.12. The van der Waals surface area contributed by atoms with Crippen LogP contribution < -0.4 is 4.74 Å². The van der Waals surface area contributed by atoms with Crippen molar-refractivity contribution in [3.63, 3.8) is 0 Å². The Balaban J connectivity index is 1.79. The van der Waals surface area contributed by atoms with Crippen molar-refractivity contribution in [2.24, 2.45) is 5.41 Å². The molecule has 6 nitrogen and oxygen atoms in total. The quantitative estimate of drug-likeness (QED) is 0.556. The number of aromatic nitrogens is 1. The van der Waals surface area contributed by atoms with Crippen LogP contribution in [-0.2, 0) is 14.6 Å². The molecule has 0 aromatic carbocycles. The Kier molecular flexibility index (Phi) is 5.77. The Morgan fingerprint density at radius 2 is 1.90 bits per heavy atom. The first-order chi connectivity index (χ1) is 13.4. The summed E-state index contributed by atoms with van der Waals surface area (Å²) in [6.45, 7) is 0.186. The maximum atomic E-state index is 12.7. The lowest BCUT2D eigenvalue weighted by atomic mass is 9.80. The molecule has 1 aromatic heterocycles. The molecule has 1 aliphatic heterocycles. The maximum Gasteiger partial charge on any atom is 0.422 e. The van der Waals surface area contributed by atoms with E-state index in [1.54, 1.807) is 6.92 Å². The molecule has 1 saturated heterocycles. The van der Waals surface area contributed by atoms with E-state index >= 15 is 0 Å². The number of carbonyl (C=O) groups is 2. The summed E-state index contributed by atoms with van der Waals surface area (Å²) in [5.41, 5.74) is -0.514. The van der Waals surface area contributed by atoms with Crippen molar-refractivity contribution < 1.29 is 35.9 Å². The first-order valence-corrected chi connectivity index (χ1v) is 11.2. The standard InChI is InChI=1S/C19H22F3NO5S/c1-2-13(24)6-18(10-29(26,27)11-18)7-16(25)15-5-17(28-9-19(20,21)22)14(8-23-15)12-3-4-12/h5,8,12H,2-4,6-7,9-11H2,1H3. The van der Waals surface area contributed by atoms with E-state index in [2.05, 4.69) is 4.98 Å². The number of carbonyl (C=O) groups excluding carboxylic acids is 2. The number of pyridine rings is 1. The highest BCUT2D eigenvalue weighted by atomic mass is 32.2. The second-order valence-corrected chi connectivity index (χ2v) is 10.1. The van der Waals surface area contributed by atoms with Crippen LogP contribution in [0.25, 0.3) is 0 Å². The fraction of sp³-hybridized carbons (Fsp3) is 0.632. The highest BCUT2D eigenvalue weighted by molar-refractivity contribution is 7.92. The van der Waals surface area contributed by atoms with Crippen molar-refractivity contribution in [2.75, 3.05) is 18.1 Å². The van der Waals surface area contributed by atoms with Gasteiger partial charge in [-0.05, 0) is 18.8 Å². The zero-order chi connectivity index (χ0) is 21.4. The van der Waals surface area contributed by atoms with Crippen LogP contribution in [-0.4, -0.2) is 49.3 Å². The zero-order valence-electron chi connectivity index (χ0n) is 15.9. The highest BCUT2D eigenvalue weighted by Gasteiger charge is 2.50. The van der Waals surface area contributed by atoms with Crippen LogP contribution in [0.1, 0.15) is 61.0 Å². The molecule has 3 rings (SSSR count). The van der Waals surface area contributed by atoms with E-state index in [-0.39, 0.29) is 53.9 Å². The monoisotopic (exact) mass is 433 g/mol. The molecule has 0 bridgehead atoms. The van der Waals surface area contributed by atoms with Crippen molar-refractivity contribution in [3.05, 3.63) is 23.5 Å². The lowest BCUT2D eigenvalue weighted by molar-refractivity contribution is -0.153. The van der Waals surface area contributed by atoms with Crippen LogP contribution in [0.3, 0.4) is 0 Å². The topological polar surface area (TPSA) is 90.4 Å². The Morgan fingerprint density at radius 1 is 1.24 bits per heavy atom. The van der Waals surface area contributed by atoms with E-state index in [1.165, 1.54) is 12.3 Å². The molecule has 2 fully saturated rings. The molecule has 0 N–H and O–H groups in total. The molecule has 2 heterocycles. The van der Waals surface area contributed by atoms with Gasteiger partial charge in [0.05, 0.1) is 11.5 Å². The highest BCUT2D eigenvalue weighted by Crippen LogP contribution is 2.45. The van der Waals surface area contributed by atoms with Crippen LogP contribution in [0, 0.1) is 5.41 Å². The van der Waals surface area contributed by atoms with Crippen molar-refractivity contribution in [3.8, 4) is 5.75 Å². The summed E-state index contributed by atoms with van der Waals surface area (Å²) < 4.78 is 66.0. The van der Waals surface area contributed by atoms with Gasteiger partial charge >= 0.3 is 6.18 Å². The molecular weight excluding hydrogens is 411 g/mol. The molecule has 0 atom stereocenters. The number of sulfone groups is 1. The number of hydrogen-bond acceptors (Lipinski definition) is 6. The van der Waals surface area contributed by atoms with Gasteiger partial charge in [-0.3, -0.25) is 14.6 Å². The summed E-state index contributed by atoms with van der Waals surface area (Å²) in [7, 11) is -3.29. The fourth-order valence-electron chi connectivity index (χ4n) is 3.72. The summed E-state index contributed by atoms with van der Waals surface area (Å²) in [4.78, 5) is 28.7. The average molecular weight is 433 g/mol. The number of rotatable bonds is 9. The second-order valence-electron chi connectivity index (χ2n) is 7.99. The molecule has 0 amide bonds. The zero-order valence-corrected chi connectivity index (χ0v) is 16.7. The van der Waals surface area contributed by atoms with Gasteiger partial charge in [-0.25, -0.2) is 8.42 Å². The molecular formula is C19H22F3NO5S.